The molecule has 5 heteroatoms. The van der Waals surface area contributed by atoms with Crippen molar-refractivity contribution in [3.05, 3.63) is 0 Å². The fourth-order valence-electron chi connectivity index (χ4n) is 2.86. The van der Waals surface area contributed by atoms with E-state index in [1.54, 1.807) is 6.92 Å². The highest BCUT2D eigenvalue weighted by atomic mass is 16.5. The first-order valence-electron chi connectivity index (χ1n) is 7.28. The lowest BCUT2D eigenvalue weighted by atomic mass is 9.96. The van der Waals surface area contributed by atoms with E-state index in [2.05, 4.69) is 15.0 Å². The van der Waals surface area contributed by atoms with Crippen LogP contribution in [0.25, 0.3) is 0 Å². The smallest absolute Gasteiger partial charge is 0.338 e. The Hall–Kier alpha value is -0.650. The van der Waals surface area contributed by atoms with Crippen LogP contribution < -0.4 is 5.32 Å². The highest BCUT2D eigenvalue weighted by molar-refractivity contribution is 5.78. The van der Waals surface area contributed by atoms with Crippen LogP contribution in [-0.2, 0) is 9.53 Å². The van der Waals surface area contributed by atoms with Gasteiger partial charge in [-0.05, 0) is 51.6 Å². The maximum atomic E-state index is 11.6. The van der Waals surface area contributed by atoms with Crippen LogP contribution in [-0.4, -0.2) is 60.9 Å². The Balaban J connectivity index is 1.90. The summed E-state index contributed by atoms with van der Waals surface area (Å²) in [6, 6.07) is 0.547. The number of esters is 1. The molecule has 0 spiro atoms. The number of carbonyl (C=O) groups is 1. The van der Waals surface area contributed by atoms with Gasteiger partial charge in [0.1, 0.15) is 0 Å². The zero-order chi connectivity index (χ0) is 13.9. The van der Waals surface area contributed by atoms with Crippen molar-refractivity contribution < 1.29 is 14.6 Å². The van der Waals surface area contributed by atoms with E-state index in [9.17, 15) is 9.90 Å². The van der Waals surface area contributed by atoms with Crippen molar-refractivity contribution in [3.63, 3.8) is 0 Å². The molecular weight excluding hydrogens is 244 g/mol. The molecule has 0 aromatic rings. The number of methoxy groups -OCH3 is 1. The van der Waals surface area contributed by atoms with Crippen molar-refractivity contribution in [2.45, 2.75) is 44.2 Å². The molecule has 2 rings (SSSR count). The molecule has 5 nitrogen and oxygen atoms in total. The molecule has 0 aromatic carbocycles. The lowest BCUT2D eigenvalue weighted by Crippen LogP contribution is -2.50. The second-order valence-electron chi connectivity index (χ2n) is 6.12. The standard InChI is InChI=1S/C14H26N2O3/c1-14(18,13(17)19-2)10-16(12-3-4-12)9-11-5-7-15-8-6-11/h11-12,15,18H,3-10H2,1-2H3. The Morgan fingerprint density at radius 1 is 1.37 bits per heavy atom. The molecule has 0 aromatic heterocycles. The van der Waals surface area contributed by atoms with Crippen LogP contribution in [0.15, 0.2) is 0 Å². The monoisotopic (exact) mass is 270 g/mol. The fraction of sp³-hybridized carbons (Fsp3) is 0.929. The van der Waals surface area contributed by atoms with E-state index in [1.807, 2.05) is 0 Å². The van der Waals surface area contributed by atoms with Crippen LogP contribution in [0.5, 0.6) is 0 Å². The van der Waals surface area contributed by atoms with E-state index in [-0.39, 0.29) is 0 Å². The van der Waals surface area contributed by atoms with Gasteiger partial charge in [0.25, 0.3) is 0 Å². The highest BCUT2D eigenvalue weighted by Crippen LogP contribution is 2.30. The first-order chi connectivity index (χ1) is 9.03. The molecule has 2 fully saturated rings. The summed E-state index contributed by atoms with van der Waals surface area (Å²) in [5, 5.41) is 13.6. The van der Waals surface area contributed by atoms with Gasteiger partial charge < -0.3 is 15.2 Å². The lowest BCUT2D eigenvalue weighted by molar-refractivity contribution is -0.162. The van der Waals surface area contributed by atoms with E-state index in [0.29, 0.717) is 18.5 Å². The maximum Gasteiger partial charge on any atom is 0.338 e. The van der Waals surface area contributed by atoms with Crippen molar-refractivity contribution in [3.8, 4) is 0 Å². The van der Waals surface area contributed by atoms with Gasteiger partial charge in [-0.3, -0.25) is 4.90 Å². The predicted molar refractivity (Wildman–Crippen MR) is 72.8 cm³/mol. The van der Waals surface area contributed by atoms with Gasteiger partial charge in [-0.1, -0.05) is 0 Å². The Morgan fingerprint density at radius 3 is 2.53 bits per heavy atom. The predicted octanol–water partition coefficient (Wildman–Crippen LogP) is 0.374. The number of piperidine rings is 1. The number of hydrogen-bond donors (Lipinski definition) is 2. The molecule has 1 heterocycles. The SMILES string of the molecule is COC(=O)C(C)(O)CN(CC1CCNCC1)C1CC1. The summed E-state index contributed by atoms with van der Waals surface area (Å²) in [6.07, 6.45) is 4.73. The molecule has 19 heavy (non-hydrogen) atoms. The van der Waals surface area contributed by atoms with Crippen LogP contribution in [0.2, 0.25) is 0 Å². The third kappa shape index (κ3) is 4.16. The largest absolute Gasteiger partial charge is 0.467 e. The molecule has 0 amide bonds. The number of hydrogen-bond acceptors (Lipinski definition) is 5. The highest BCUT2D eigenvalue weighted by Gasteiger charge is 2.39. The fourth-order valence-corrected chi connectivity index (χ4v) is 2.86. The second-order valence-corrected chi connectivity index (χ2v) is 6.12. The number of rotatable bonds is 6. The van der Waals surface area contributed by atoms with Gasteiger partial charge in [-0.25, -0.2) is 4.79 Å². The summed E-state index contributed by atoms with van der Waals surface area (Å²) < 4.78 is 4.68. The van der Waals surface area contributed by atoms with E-state index in [4.69, 9.17) is 0 Å². The summed E-state index contributed by atoms with van der Waals surface area (Å²) >= 11 is 0. The van der Waals surface area contributed by atoms with Crippen molar-refractivity contribution in [1.29, 1.82) is 0 Å². The van der Waals surface area contributed by atoms with E-state index in [0.717, 1.165) is 19.6 Å². The van der Waals surface area contributed by atoms with Crippen molar-refractivity contribution in [2.24, 2.45) is 5.92 Å². The Kier molecular flexibility index (Phi) is 4.81. The van der Waals surface area contributed by atoms with Crippen LogP contribution in [0, 0.1) is 5.92 Å². The van der Waals surface area contributed by atoms with Crippen LogP contribution >= 0.6 is 0 Å². The van der Waals surface area contributed by atoms with Crippen molar-refractivity contribution in [2.75, 3.05) is 33.3 Å². The summed E-state index contributed by atoms with van der Waals surface area (Å²) in [6.45, 7) is 5.08. The molecular formula is C14H26N2O3. The topological polar surface area (TPSA) is 61.8 Å². The van der Waals surface area contributed by atoms with Gasteiger partial charge in [0, 0.05) is 19.1 Å². The minimum absolute atomic E-state index is 0.383. The first kappa shape index (κ1) is 14.8. The van der Waals surface area contributed by atoms with Gasteiger partial charge >= 0.3 is 5.97 Å². The number of aliphatic hydroxyl groups is 1. The molecule has 1 aliphatic heterocycles. The summed E-state index contributed by atoms with van der Waals surface area (Å²) in [7, 11) is 1.32. The number of carbonyl (C=O) groups excluding carboxylic acids is 1. The van der Waals surface area contributed by atoms with E-state index in [1.165, 1.54) is 32.8 Å². The minimum Gasteiger partial charge on any atom is -0.467 e. The molecule has 2 aliphatic rings. The third-order valence-corrected chi connectivity index (χ3v) is 4.15. The van der Waals surface area contributed by atoms with Crippen LogP contribution in [0.1, 0.15) is 32.6 Å². The van der Waals surface area contributed by atoms with Gasteiger partial charge in [-0.15, -0.1) is 0 Å². The minimum atomic E-state index is -1.40. The Bertz CT molecular complexity index is 310. The molecule has 0 radical (unpaired) electrons. The molecule has 1 aliphatic carbocycles. The third-order valence-electron chi connectivity index (χ3n) is 4.15. The molecule has 1 saturated heterocycles. The Labute approximate surface area is 115 Å². The first-order valence-corrected chi connectivity index (χ1v) is 7.28. The number of ether oxygens (including phenoxy) is 1. The van der Waals surface area contributed by atoms with Gasteiger partial charge in [0.15, 0.2) is 5.60 Å². The van der Waals surface area contributed by atoms with Gasteiger partial charge in [0.2, 0.25) is 0 Å². The Morgan fingerprint density at radius 2 is 2.00 bits per heavy atom. The summed E-state index contributed by atoms with van der Waals surface area (Å²) in [5.41, 5.74) is -1.40. The molecule has 1 atom stereocenters. The lowest BCUT2D eigenvalue weighted by Gasteiger charge is -2.34. The second kappa shape index (κ2) is 6.20. The average molecular weight is 270 g/mol. The molecule has 110 valence electrons. The average Bonchev–Trinajstić information content (AvgIpc) is 3.22. The summed E-state index contributed by atoms with van der Waals surface area (Å²) in [5.74, 6) is 0.138. The molecule has 0 bridgehead atoms. The van der Waals surface area contributed by atoms with Crippen LogP contribution in [0.4, 0.5) is 0 Å². The number of nitrogens with one attached hydrogen (secondary N) is 1. The maximum absolute atomic E-state index is 11.6. The van der Waals surface area contributed by atoms with Crippen molar-refractivity contribution in [1.82, 2.24) is 10.2 Å². The molecule has 1 unspecified atom stereocenters. The van der Waals surface area contributed by atoms with Crippen molar-refractivity contribution >= 4 is 5.97 Å². The molecule has 1 saturated carbocycles. The zero-order valence-electron chi connectivity index (χ0n) is 12.0. The van der Waals surface area contributed by atoms with E-state index < -0.39 is 11.6 Å². The van der Waals surface area contributed by atoms with E-state index >= 15 is 0 Å². The summed E-state index contributed by atoms with van der Waals surface area (Å²) in [4.78, 5) is 13.9. The molecule has 2 N–H and O–H groups in total. The quantitative estimate of drug-likeness (QED) is 0.683. The zero-order valence-corrected chi connectivity index (χ0v) is 12.0. The number of nitrogens with zero attached hydrogens (tertiary/aromatic N) is 1. The van der Waals surface area contributed by atoms with Gasteiger partial charge in [0.05, 0.1) is 7.11 Å². The van der Waals surface area contributed by atoms with Gasteiger partial charge in [-0.2, -0.15) is 0 Å². The van der Waals surface area contributed by atoms with Crippen LogP contribution in [0.3, 0.4) is 0 Å². The normalized spacial score (nSPS) is 24.2.